The summed E-state index contributed by atoms with van der Waals surface area (Å²) < 4.78 is 40.8. The number of alkyl carbamates (subject to hydrolysis) is 1. The van der Waals surface area contributed by atoms with Crippen LogP contribution in [0, 0.1) is 0 Å². The summed E-state index contributed by atoms with van der Waals surface area (Å²) in [5, 5.41) is 9.49. The fraction of sp³-hybridized carbons (Fsp3) is 0.750. The molecule has 0 heterocycles. The van der Waals surface area contributed by atoms with Crippen molar-refractivity contribution in [3.8, 4) is 0 Å². The number of carbonyl (C=O) groups is 2. The molecule has 1 amide bonds. The smallest absolute Gasteiger partial charge is 0.419 e. The molecule has 2 atom stereocenters. The van der Waals surface area contributed by atoms with E-state index in [4.69, 9.17) is 5.11 Å². The Morgan fingerprint density at radius 1 is 1.44 bits per heavy atom. The Balaban J connectivity index is 4.43. The molecule has 16 heavy (non-hydrogen) atoms. The number of carbonyl (C=O) groups excluding carboxylic acids is 1. The molecule has 0 aliphatic heterocycles. The van der Waals surface area contributed by atoms with Gasteiger partial charge in [-0.3, -0.25) is 5.32 Å². The standard InChI is InChI=1S/C8H12F3NO4/c1-3-4(2)16-7(15)12-5(6(13)14)8(9,10)11/h4-5H,3H2,1-2H3,(H,12,15)(H,13,14). The first-order chi connectivity index (χ1) is 7.18. The van der Waals surface area contributed by atoms with Gasteiger partial charge in [0.05, 0.1) is 0 Å². The number of halogens is 3. The molecule has 0 saturated heterocycles. The van der Waals surface area contributed by atoms with Gasteiger partial charge in [0.2, 0.25) is 6.04 Å². The Hall–Kier alpha value is -1.47. The number of aliphatic carboxylic acids is 1. The molecule has 0 aliphatic carbocycles. The van der Waals surface area contributed by atoms with Crippen LogP contribution >= 0.6 is 0 Å². The fourth-order valence-corrected chi connectivity index (χ4v) is 0.702. The highest BCUT2D eigenvalue weighted by molar-refractivity contribution is 5.80. The van der Waals surface area contributed by atoms with Gasteiger partial charge in [0.15, 0.2) is 0 Å². The third-order valence-corrected chi connectivity index (χ3v) is 1.72. The van der Waals surface area contributed by atoms with Crippen molar-refractivity contribution in [2.45, 2.75) is 38.6 Å². The average Bonchev–Trinajstić information content (AvgIpc) is 2.11. The van der Waals surface area contributed by atoms with Crippen molar-refractivity contribution in [3.05, 3.63) is 0 Å². The molecular weight excluding hydrogens is 231 g/mol. The second-order valence-corrected chi connectivity index (χ2v) is 3.08. The highest BCUT2D eigenvalue weighted by Gasteiger charge is 2.46. The molecule has 94 valence electrons. The molecule has 0 aromatic heterocycles. The molecule has 8 heteroatoms. The minimum Gasteiger partial charge on any atom is -0.479 e. The highest BCUT2D eigenvalue weighted by Crippen LogP contribution is 2.20. The zero-order chi connectivity index (χ0) is 12.9. The molecule has 0 fully saturated rings. The maximum absolute atomic E-state index is 12.1. The van der Waals surface area contributed by atoms with Gasteiger partial charge in [-0.05, 0) is 13.3 Å². The van der Waals surface area contributed by atoms with Gasteiger partial charge in [-0.1, -0.05) is 6.92 Å². The summed E-state index contributed by atoms with van der Waals surface area (Å²) in [4.78, 5) is 21.1. The summed E-state index contributed by atoms with van der Waals surface area (Å²) in [7, 11) is 0. The van der Waals surface area contributed by atoms with Crippen LogP contribution in [0.25, 0.3) is 0 Å². The van der Waals surface area contributed by atoms with E-state index in [1.807, 2.05) is 0 Å². The van der Waals surface area contributed by atoms with Crippen LogP contribution < -0.4 is 5.32 Å². The third kappa shape index (κ3) is 4.85. The number of carboxylic acids is 1. The maximum Gasteiger partial charge on any atom is 0.419 e. The molecule has 5 nitrogen and oxygen atoms in total. The van der Waals surface area contributed by atoms with Crippen molar-refractivity contribution < 1.29 is 32.6 Å². The predicted octanol–water partition coefficient (Wildman–Crippen LogP) is 1.53. The normalized spacial score (nSPS) is 15.1. The molecule has 0 radical (unpaired) electrons. The quantitative estimate of drug-likeness (QED) is 0.785. The Bertz CT molecular complexity index is 266. The van der Waals surface area contributed by atoms with E-state index in [1.54, 1.807) is 6.92 Å². The summed E-state index contributed by atoms with van der Waals surface area (Å²) in [6, 6.07) is -2.95. The van der Waals surface area contributed by atoms with Crippen LogP contribution in [0.3, 0.4) is 0 Å². The minimum absolute atomic E-state index is 0.414. The molecule has 2 N–H and O–H groups in total. The molecule has 0 bridgehead atoms. The van der Waals surface area contributed by atoms with Crippen LogP contribution in [-0.4, -0.2) is 35.5 Å². The second kappa shape index (κ2) is 5.57. The molecule has 0 rings (SSSR count). The van der Waals surface area contributed by atoms with E-state index in [0.717, 1.165) is 0 Å². The lowest BCUT2D eigenvalue weighted by atomic mass is 10.3. The van der Waals surface area contributed by atoms with Crippen LogP contribution in [0.1, 0.15) is 20.3 Å². The van der Waals surface area contributed by atoms with E-state index in [0.29, 0.717) is 6.42 Å². The number of hydrogen-bond acceptors (Lipinski definition) is 3. The van der Waals surface area contributed by atoms with Crippen LogP contribution in [0.2, 0.25) is 0 Å². The third-order valence-electron chi connectivity index (χ3n) is 1.72. The van der Waals surface area contributed by atoms with E-state index in [2.05, 4.69) is 4.74 Å². The van der Waals surface area contributed by atoms with Crippen molar-refractivity contribution >= 4 is 12.1 Å². The maximum atomic E-state index is 12.1. The van der Waals surface area contributed by atoms with E-state index in [1.165, 1.54) is 12.2 Å². The minimum atomic E-state index is -5.06. The van der Waals surface area contributed by atoms with E-state index in [-0.39, 0.29) is 0 Å². The van der Waals surface area contributed by atoms with Crippen LogP contribution in [0.15, 0.2) is 0 Å². The summed E-state index contributed by atoms with van der Waals surface area (Å²) in [6.45, 7) is 3.14. The molecular formula is C8H12F3NO4. The van der Waals surface area contributed by atoms with Crippen LogP contribution in [0.4, 0.5) is 18.0 Å². The summed E-state index contributed by atoms with van der Waals surface area (Å²) >= 11 is 0. The molecule has 0 aromatic rings. The highest BCUT2D eigenvalue weighted by atomic mass is 19.4. The van der Waals surface area contributed by atoms with Crippen molar-refractivity contribution in [3.63, 3.8) is 0 Å². The topological polar surface area (TPSA) is 75.6 Å². The first-order valence-electron chi connectivity index (χ1n) is 4.45. The van der Waals surface area contributed by atoms with E-state index < -0.39 is 30.4 Å². The summed E-state index contributed by atoms with van der Waals surface area (Å²) in [5.41, 5.74) is 0. The number of carboxylic acid groups (broad SMARTS) is 1. The number of rotatable bonds is 4. The fourth-order valence-electron chi connectivity index (χ4n) is 0.702. The zero-order valence-electron chi connectivity index (χ0n) is 8.67. The second-order valence-electron chi connectivity index (χ2n) is 3.08. The lowest BCUT2D eigenvalue weighted by Crippen LogP contribution is -2.51. The van der Waals surface area contributed by atoms with Crippen molar-refractivity contribution in [2.24, 2.45) is 0 Å². The Kier molecular flexibility index (Phi) is 5.06. The molecule has 0 spiro atoms. The van der Waals surface area contributed by atoms with E-state index >= 15 is 0 Å². The molecule has 0 aromatic carbocycles. The lowest BCUT2D eigenvalue weighted by Gasteiger charge is -2.18. The van der Waals surface area contributed by atoms with Gasteiger partial charge >= 0.3 is 18.2 Å². The SMILES string of the molecule is CCC(C)OC(=O)NC(C(=O)O)C(F)(F)F. The molecule has 0 saturated carbocycles. The summed E-state index contributed by atoms with van der Waals surface area (Å²) in [6.07, 6.45) is -6.63. The summed E-state index contributed by atoms with van der Waals surface area (Å²) in [5.74, 6) is -2.19. The Morgan fingerprint density at radius 2 is 1.94 bits per heavy atom. The van der Waals surface area contributed by atoms with Crippen LogP contribution in [-0.2, 0) is 9.53 Å². The number of amides is 1. The number of ether oxygens (including phenoxy) is 1. The van der Waals surface area contributed by atoms with Crippen molar-refractivity contribution in [1.29, 1.82) is 0 Å². The number of alkyl halides is 3. The van der Waals surface area contributed by atoms with Gasteiger partial charge in [-0.25, -0.2) is 9.59 Å². The largest absolute Gasteiger partial charge is 0.479 e. The van der Waals surface area contributed by atoms with Gasteiger partial charge < -0.3 is 9.84 Å². The Morgan fingerprint density at radius 3 is 2.25 bits per heavy atom. The molecule has 0 aliphatic rings. The average molecular weight is 243 g/mol. The monoisotopic (exact) mass is 243 g/mol. The number of nitrogens with one attached hydrogen (secondary N) is 1. The van der Waals surface area contributed by atoms with Crippen molar-refractivity contribution in [1.82, 2.24) is 5.32 Å². The van der Waals surface area contributed by atoms with Gasteiger partial charge in [-0.2, -0.15) is 13.2 Å². The van der Waals surface area contributed by atoms with Gasteiger partial charge in [-0.15, -0.1) is 0 Å². The van der Waals surface area contributed by atoms with Crippen molar-refractivity contribution in [2.75, 3.05) is 0 Å². The van der Waals surface area contributed by atoms with E-state index in [9.17, 15) is 22.8 Å². The molecule has 2 unspecified atom stereocenters. The van der Waals surface area contributed by atoms with Gasteiger partial charge in [0.25, 0.3) is 0 Å². The first-order valence-corrected chi connectivity index (χ1v) is 4.45. The Labute approximate surface area is 89.6 Å². The lowest BCUT2D eigenvalue weighted by molar-refractivity contribution is -0.179. The predicted molar refractivity (Wildman–Crippen MR) is 46.8 cm³/mol. The van der Waals surface area contributed by atoms with Gasteiger partial charge in [0, 0.05) is 0 Å². The zero-order valence-corrected chi connectivity index (χ0v) is 8.67. The van der Waals surface area contributed by atoms with Gasteiger partial charge in [0.1, 0.15) is 6.10 Å². The first kappa shape index (κ1) is 14.5. The van der Waals surface area contributed by atoms with Crippen LogP contribution in [0.5, 0.6) is 0 Å². The number of hydrogen-bond donors (Lipinski definition) is 2.